The zero-order valence-corrected chi connectivity index (χ0v) is 17.0. The van der Waals surface area contributed by atoms with Crippen molar-refractivity contribution in [2.75, 3.05) is 5.88 Å². The Morgan fingerprint density at radius 3 is 1.79 bits per heavy atom. The number of hydrogen-bond acceptors (Lipinski definition) is 2. The van der Waals surface area contributed by atoms with Gasteiger partial charge in [-0.2, -0.15) is 0 Å². The first kappa shape index (κ1) is 23.8. The number of unbranched alkanes of at least 4 members (excludes halogenated alkanes) is 10. The van der Waals surface area contributed by atoms with Gasteiger partial charge in [0.15, 0.2) is 0 Å². The summed E-state index contributed by atoms with van der Waals surface area (Å²) < 4.78 is 5.78. The van der Waals surface area contributed by atoms with Crippen molar-refractivity contribution in [3.8, 4) is 0 Å². The molecule has 0 atom stereocenters. The predicted octanol–water partition coefficient (Wildman–Crippen LogP) is 7.42. The Labute approximate surface area is 156 Å². The molecule has 0 amide bonds. The largest absolute Gasteiger partial charge is 0.462 e. The molecular formula is C21H41ClO2. The number of ether oxygens (including phenoxy) is 1. The molecule has 0 aliphatic carbocycles. The quantitative estimate of drug-likeness (QED) is 0.144. The Kier molecular flexibility index (Phi) is 18.9. The van der Waals surface area contributed by atoms with Crippen LogP contribution in [0.4, 0.5) is 0 Å². The van der Waals surface area contributed by atoms with Crippen molar-refractivity contribution in [3.05, 3.63) is 0 Å². The number of hydrogen-bond donors (Lipinski definition) is 0. The molecule has 0 aromatic carbocycles. The second-order valence-corrected chi connectivity index (χ2v) is 7.40. The van der Waals surface area contributed by atoms with E-state index in [4.69, 9.17) is 16.3 Å². The Morgan fingerprint density at radius 1 is 0.750 bits per heavy atom. The summed E-state index contributed by atoms with van der Waals surface area (Å²) in [6.07, 6.45) is 18.4. The zero-order chi connectivity index (χ0) is 17.9. The first-order valence-corrected chi connectivity index (χ1v) is 11.0. The minimum atomic E-state index is 0.0170. The molecule has 0 aromatic rings. The van der Waals surface area contributed by atoms with Crippen LogP contribution in [0.5, 0.6) is 0 Å². The number of alkyl halides is 1. The van der Waals surface area contributed by atoms with Crippen LogP contribution in [0, 0.1) is 0 Å². The number of halogens is 1. The van der Waals surface area contributed by atoms with Gasteiger partial charge in [-0.25, -0.2) is 0 Å². The summed E-state index contributed by atoms with van der Waals surface area (Å²) in [4.78, 5) is 12.1. The summed E-state index contributed by atoms with van der Waals surface area (Å²) in [7, 11) is 0. The van der Waals surface area contributed by atoms with Gasteiger partial charge in [0.05, 0.1) is 0 Å². The van der Waals surface area contributed by atoms with E-state index in [2.05, 4.69) is 13.8 Å². The molecule has 0 aliphatic heterocycles. The molecule has 0 N–H and O–H groups in total. The van der Waals surface area contributed by atoms with Crippen LogP contribution in [-0.2, 0) is 9.53 Å². The Bertz CT molecular complexity index is 257. The van der Waals surface area contributed by atoms with Gasteiger partial charge in [-0.05, 0) is 38.5 Å². The number of rotatable bonds is 18. The second kappa shape index (κ2) is 19.1. The fraction of sp³-hybridized carbons (Fsp3) is 0.952. The molecule has 0 saturated heterocycles. The molecule has 0 heterocycles. The van der Waals surface area contributed by atoms with Gasteiger partial charge in [-0.3, -0.25) is 4.79 Å². The summed E-state index contributed by atoms with van der Waals surface area (Å²) in [5, 5.41) is 0. The number of esters is 1. The van der Waals surface area contributed by atoms with Crippen LogP contribution in [0.3, 0.4) is 0 Å². The summed E-state index contributed by atoms with van der Waals surface area (Å²) in [6.45, 7) is 4.46. The molecule has 0 aromatic heterocycles. The zero-order valence-electron chi connectivity index (χ0n) is 16.3. The van der Waals surface area contributed by atoms with Gasteiger partial charge in [0.1, 0.15) is 6.10 Å². The average molecular weight is 361 g/mol. The van der Waals surface area contributed by atoms with E-state index in [1.165, 1.54) is 64.2 Å². The maximum Gasteiger partial charge on any atom is 0.306 e. The standard InChI is InChI=1S/C21H41ClO2/c1-3-5-7-12-16-20(17-13-8-6-4-2)24-21(23)18-14-10-9-11-15-19-22/h20H,3-19H2,1-2H3. The lowest BCUT2D eigenvalue weighted by atomic mass is 10.0. The van der Waals surface area contributed by atoms with Gasteiger partial charge in [0.25, 0.3) is 0 Å². The van der Waals surface area contributed by atoms with Crippen LogP contribution in [0.1, 0.15) is 117 Å². The van der Waals surface area contributed by atoms with E-state index in [0.29, 0.717) is 6.42 Å². The van der Waals surface area contributed by atoms with E-state index in [9.17, 15) is 4.79 Å². The number of carbonyl (C=O) groups is 1. The third kappa shape index (κ3) is 16.6. The summed E-state index contributed by atoms with van der Waals surface area (Å²) >= 11 is 5.67. The van der Waals surface area contributed by atoms with E-state index in [-0.39, 0.29) is 12.1 Å². The fourth-order valence-electron chi connectivity index (χ4n) is 3.00. The molecule has 0 aliphatic rings. The lowest BCUT2D eigenvalue weighted by Crippen LogP contribution is -2.18. The highest BCUT2D eigenvalue weighted by molar-refractivity contribution is 6.17. The third-order valence-electron chi connectivity index (χ3n) is 4.57. The predicted molar refractivity (Wildman–Crippen MR) is 106 cm³/mol. The smallest absolute Gasteiger partial charge is 0.306 e. The molecule has 0 rings (SSSR count). The number of carbonyl (C=O) groups excluding carboxylic acids is 1. The minimum absolute atomic E-state index is 0.0170. The molecule has 144 valence electrons. The van der Waals surface area contributed by atoms with E-state index >= 15 is 0 Å². The van der Waals surface area contributed by atoms with Crippen molar-refractivity contribution in [1.82, 2.24) is 0 Å². The highest BCUT2D eigenvalue weighted by atomic mass is 35.5. The Hall–Kier alpha value is -0.240. The highest BCUT2D eigenvalue weighted by Crippen LogP contribution is 2.17. The summed E-state index contributed by atoms with van der Waals surface area (Å²) in [6, 6.07) is 0. The first-order chi connectivity index (χ1) is 11.7. The van der Waals surface area contributed by atoms with E-state index in [1.807, 2.05) is 0 Å². The maximum absolute atomic E-state index is 12.1. The van der Waals surface area contributed by atoms with Crippen LogP contribution in [-0.4, -0.2) is 18.0 Å². The Balaban J connectivity index is 3.90. The fourth-order valence-corrected chi connectivity index (χ4v) is 3.19. The van der Waals surface area contributed by atoms with Crippen LogP contribution in [0.2, 0.25) is 0 Å². The van der Waals surface area contributed by atoms with E-state index in [0.717, 1.165) is 38.0 Å². The van der Waals surface area contributed by atoms with Crippen molar-refractivity contribution in [3.63, 3.8) is 0 Å². The van der Waals surface area contributed by atoms with Gasteiger partial charge in [-0.1, -0.05) is 71.6 Å². The lowest BCUT2D eigenvalue weighted by molar-refractivity contribution is -0.150. The van der Waals surface area contributed by atoms with Gasteiger partial charge >= 0.3 is 5.97 Å². The Morgan fingerprint density at radius 2 is 1.25 bits per heavy atom. The molecule has 0 unspecified atom stereocenters. The minimum Gasteiger partial charge on any atom is -0.462 e. The molecular weight excluding hydrogens is 320 g/mol. The normalized spacial score (nSPS) is 11.2. The monoisotopic (exact) mass is 360 g/mol. The first-order valence-electron chi connectivity index (χ1n) is 10.5. The maximum atomic E-state index is 12.1. The van der Waals surface area contributed by atoms with E-state index in [1.54, 1.807) is 0 Å². The molecule has 0 radical (unpaired) electrons. The summed E-state index contributed by atoms with van der Waals surface area (Å²) in [5.74, 6) is 0.767. The molecule has 2 nitrogen and oxygen atoms in total. The van der Waals surface area contributed by atoms with Gasteiger partial charge in [0.2, 0.25) is 0 Å². The third-order valence-corrected chi connectivity index (χ3v) is 4.84. The SMILES string of the molecule is CCCCCCC(CCCCCC)OC(=O)CCCCCCCCl. The van der Waals surface area contributed by atoms with Crippen LogP contribution < -0.4 is 0 Å². The highest BCUT2D eigenvalue weighted by Gasteiger charge is 2.14. The van der Waals surface area contributed by atoms with Crippen molar-refractivity contribution in [1.29, 1.82) is 0 Å². The molecule has 24 heavy (non-hydrogen) atoms. The van der Waals surface area contributed by atoms with Gasteiger partial charge in [-0.15, -0.1) is 11.6 Å². The van der Waals surface area contributed by atoms with Crippen molar-refractivity contribution in [2.45, 2.75) is 123 Å². The van der Waals surface area contributed by atoms with Crippen molar-refractivity contribution < 1.29 is 9.53 Å². The average Bonchev–Trinajstić information content (AvgIpc) is 2.58. The van der Waals surface area contributed by atoms with Gasteiger partial charge in [0, 0.05) is 12.3 Å². The topological polar surface area (TPSA) is 26.3 Å². The second-order valence-electron chi connectivity index (χ2n) is 7.02. The molecule has 0 spiro atoms. The van der Waals surface area contributed by atoms with Crippen molar-refractivity contribution in [2.24, 2.45) is 0 Å². The van der Waals surface area contributed by atoms with Crippen LogP contribution in [0.25, 0.3) is 0 Å². The van der Waals surface area contributed by atoms with Crippen LogP contribution >= 0.6 is 11.6 Å². The van der Waals surface area contributed by atoms with E-state index < -0.39 is 0 Å². The van der Waals surface area contributed by atoms with Crippen LogP contribution in [0.15, 0.2) is 0 Å². The molecule has 0 saturated carbocycles. The molecule has 0 bridgehead atoms. The molecule has 0 fully saturated rings. The van der Waals surface area contributed by atoms with Gasteiger partial charge < -0.3 is 4.74 Å². The molecule has 3 heteroatoms. The lowest BCUT2D eigenvalue weighted by Gasteiger charge is -2.18. The van der Waals surface area contributed by atoms with Crippen molar-refractivity contribution >= 4 is 17.6 Å². The summed E-state index contributed by atoms with van der Waals surface area (Å²) in [5.41, 5.74) is 0.